The standard InChI is InChI=1S/C24H21F3N6/c1-14-5-2-3-6-15(14)17-13-33(12-10-19(17)28)20-9-8-18(24(25,26)27)22(30-20)21-16-7-4-11-29-23(16)32-31-21/h2-9,11,17,28H,10,12-13H2,1H3,(H,29,31,32). The minimum atomic E-state index is -4.58. The molecule has 0 bridgehead atoms. The van der Waals surface area contributed by atoms with Crippen LogP contribution in [0.15, 0.2) is 54.7 Å². The van der Waals surface area contributed by atoms with Gasteiger partial charge < -0.3 is 10.3 Å². The Morgan fingerprint density at radius 1 is 1.09 bits per heavy atom. The molecule has 1 fully saturated rings. The third kappa shape index (κ3) is 3.83. The van der Waals surface area contributed by atoms with Crippen molar-refractivity contribution in [1.29, 1.82) is 5.41 Å². The molecule has 0 radical (unpaired) electrons. The minimum absolute atomic E-state index is 0.135. The molecule has 1 aliphatic heterocycles. The lowest BCUT2D eigenvalue weighted by Crippen LogP contribution is -2.40. The van der Waals surface area contributed by atoms with E-state index in [0.717, 1.165) is 17.2 Å². The van der Waals surface area contributed by atoms with Gasteiger partial charge >= 0.3 is 6.18 Å². The Morgan fingerprint density at radius 3 is 2.70 bits per heavy atom. The van der Waals surface area contributed by atoms with E-state index in [1.165, 1.54) is 12.3 Å². The summed E-state index contributed by atoms with van der Waals surface area (Å²) < 4.78 is 41.6. The number of aromatic nitrogens is 4. The van der Waals surface area contributed by atoms with Gasteiger partial charge in [-0.3, -0.25) is 5.10 Å². The normalized spacial score (nSPS) is 17.0. The smallest absolute Gasteiger partial charge is 0.355 e. The second-order valence-electron chi connectivity index (χ2n) is 8.17. The first kappa shape index (κ1) is 21.1. The summed E-state index contributed by atoms with van der Waals surface area (Å²) in [6.45, 7) is 3.00. The van der Waals surface area contributed by atoms with E-state index in [2.05, 4.69) is 20.2 Å². The highest BCUT2D eigenvalue weighted by atomic mass is 19.4. The number of nitrogens with one attached hydrogen (secondary N) is 2. The molecule has 0 saturated carbocycles. The van der Waals surface area contributed by atoms with Gasteiger partial charge in [-0.1, -0.05) is 24.3 Å². The third-order valence-electron chi connectivity index (χ3n) is 6.11. The molecule has 1 atom stereocenters. The average Bonchev–Trinajstić information content (AvgIpc) is 3.23. The first-order valence-corrected chi connectivity index (χ1v) is 10.6. The van der Waals surface area contributed by atoms with Crippen molar-refractivity contribution in [2.24, 2.45) is 0 Å². The zero-order valence-electron chi connectivity index (χ0n) is 17.8. The second-order valence-corrected chi connectivity index (χ2v) is 8.17. The van der Waals surface area contributed by atoms with E-state index in [4.69, 9.17) is 5.41 Å². The molecule has 1 aliphatic rings. The van der Waals surface area contributed by atoms with Crippen LogP contribution in [0.1, 0.15) is 29.0 Å². The summed E-state index contributed by atoms with van der Waals surface area (Å²) in [5.41, 5.74) is 2.26. The van der Waals surface area contributed by atoms with Crippen molar-refractivity contribution in [2.45, 2.75) is 25.4 Å². The molecule has 5 rings (SSSR count). The first-order chi connectivity index (χ1) is 15.8. The molecule has 2 N–H and O–H groups in total. The highest BCUT2D eigenvalue weighted by Crippen LogP contribution is 2.39. The molecular weight excluding hydrogens is 429 g/mol. The van der Waals surface area contributed by atoms with Crippen LogP contribution in [0, 0.1) is 12.3 Å². The molecular formula is C24H21F3N6. The summed E-state index contributed by atoms with van der Waals surface area (Å²) in [5, 5.41) is 15.7. The summed E-state index contributed by atoms with van der Waals surface area (Å²) in [7, 11) is 0. The summed E-state index contributed by atoms with van der Waals surface area (Å²) in [4.78, 5) is 10.5. The fourth-order valence-corrected chi connectivity index (χ4v) is 4.40. The van der Waals surface area contributed by atoms with Crippen LogP contribution in [-0.2, 0) is 6.18 Å². The van der Waals surface area contributed by atoms with Crippen molar-refractivity contribution in [1.82, 2.24) is 20.2 Å². The van der Waals surface area contributed by atoms with Crippen LogP contribution >= 0.6 is 0 Å². The van der Waals surface area contributed by atoms with Gasteiger partial charge in [0.25, 0.3) is 0 Å². The molecule has 1 saturated heterocycles. The van der Waals surface area contributed by atoms with Gasteiger partial charge in [-0.05, 0) is 42.3 Å². The Labute approximate surface area is 188 Å². The van der Waals surface area contributed by atoms with Crippen LogP contribution in [0.5, 0.6) is 0 Å². The maximum Gasteiger partial charge on any atom is 0.418 e. The highest BCUT2D eigenvalue weighted by Gasteiger charge is 2.36. The number of hydrogen-bond acceptors (Lipinski definition) is 5. The number of anilines is 1. The Balaban J connectivity index is 1.58. The van der Waals surface area contributed by atoms with E-state index in [1.54, 1.807) is 12.1 Å². The minimum Gasteiger partial charge on any atom is -0.355 e. The highest BCUT2D eigenvalue weighted by molar-refractivity contribution is 5.92. The molecule has 1 unspecified atom stereocenters. The number of nitrogens with zero attached hydrogens (tertiary/aromatic N) is 4. The van der Waals surface area contributed by atoms with Crippen molar-refractivity contribution in [3.05, 3.63) is 71.4 Å². The van der Waals surface area contributed by atoms with Gasteiger partial charge in [-0.25, -0.2) is 9.97 Å². The van der Waals surface area contributed by atoms with E-state index >= 15 is 0 Å². The molecule has 9 heteroatoms. The van der Waals surface area contributed by atoms with Crippen LogP contribution in [-0.4, -0.2) is 39.0 Å². The van der Waals surface area contributed by atoms with Crippen molar-refractivity contribution in [2.75, 3.05) is 18.0 Å². The average molecular weight is 450 g/mol. The quantitative estimate of drug-likeness (QED) is 0.440. The van der Waals surface area contributed by atoms with Crippen LogP contribution in [0.25, 0.3) is 22.4 Å². The molecule has 33 heavy (non-hydrogen) atoms. The van der Waals surface area contributed by atoms with Gasteiger partial charge in [0.1, 0.15) is 11.5 Å². The van der Waals surface area contributed by atoms with E-state index in [9.17, 15) is 13.2 Å². The van der Waals surface area contributed by atoms with Gasteiger partial charge in [0.05, 0.1) is 11.3 Å². The van der Waals surface area contributed by atoms with Crippen LogP contribution < -0.4 is 4.90 Å². The third-order valence-corrected chi connectivity index (χ3v) is 6.11. The van der Waals surface area contributed by atoms with Crippen molar-refractivity contribution >= 4 is 22.6 Å². The fourth-order valence-electron chi connectivity index (χ4n) is 4.40. The molecule has 0 aliphatic carbocycles. The summed E-state index contributed by atoms with van der Waals surface area (Å²) >= 11 is 0. The number of fused-ring (bicyclic) bond motifs is 1. The number of piperidine rings is 1. The van der Waals surface area contributed by atoms with Crippen molar-refractivity contribution in [3.63, 3.8) is 0 Å². The van der Waals surface area contributed by atoms with Crippen molar-refractivity contribution in [3.8, 4) is 11.4 Å². The number of aromatic amines is 1. The van der Waals surface area contributed by atoms with Gasteiger partial charge in [0.2, 0.25) is 0 Å². The van der Waals surface area contributed by atoms with E-state index < -0.39 is 11.7 Å². The van der Waals surface area contributed by atoms with Gasteiger partial charge in [-0.2, -0.15) is 18.3 Å². The van der Waals surface area contributed by atoms with E-state index in [0.29, 0.717) is 42.1 Å². The lowest BCUT2D eigenvalue weighted by atomic mass is 9.86. The molecule has 168 valence electrons. The Hall–Kier alpha value is -3.75. The predicted octanol–water partition coefficient (Wildman–Crippen LogP) is 5.36. The Morgan fingerprint density at radius 2 is 1.91 bits per heavy atom. The summed E-state index contributed by atoms with van der Waals surface area (Å²) in [5.74, 6) is 0.306. The maximum absolute atomic E-state index is 13.9. The predicted molar refractivity (Wildman–Crippen MR) is 121 cm³/mol. The number of H-pyrrole nitrogens is 1. The van der Waals surface area contributed by atoms with E-state index in [-0.39, 0.29) is 17.3 Å². The number of benzene rings is 1. The van der Waals surface area contributed by atoms with E-state index in [1.807, 2.05) is 36.1 Å². The number of halogens is 3. The zero-order chi connectivity index (χ0) is 23.2. The second kappa shape index (κ2) is 7.99. The van der Waals surface area contributed by atoms with Gasteiger partial charge in [-0.15, -0.1) is 0 Å². The molecule has 6 nitrogen and oxygen atoms in total. The summed E-state index contributed by atoms with van der Waals surface area (Å²) in [6, 6.07) is 13.7. The number of hydrogen-bond donors (Lipinski definition) is 2. The van der Waals surface area contributed by atoms with Gasteiger partial charge in [0, 0.05) is 42.7 Å². The van der Waals surface area contributed by atoms with Crippen molar-refractivity contribution < 1.29 is 13.2 Å². The molecule has 0 amide bonds. The molecule has 1 aromatic carbocycles. The van der Waals surface area contributed by atoms with Crippen LogP contribution in [0.2, 0.25) is 0 Å². The fraction of sp³-hybridized carbons (Fsp3) is 0.250. The molecule has 4 heterocycles. The van der Waals surface area contributed by atoms with Crippen LogP contribution in [0.3, 0.4) is 0 Å². The number of rotatable bonds is 3. The molecule has 3 aromatic heterocycles. The lowest BCUT2D eigenvalue weighted by molar-refractivity contribution is -0.137. The SMILES string of the molecule is Cc1ccccc1C1CN(c2ccc(C(F)(F)F)c(-c3[nH]nc4ncccc34)n2)CCC1=N. The van der Waals surface area contributed by atoms with Gasteiger partial charge in [0.15, 0.2) is 5.65 Å². The Bertz CT molecular complexity index is 1340. The summed E-state index contributed by atoms with van der Waals surface area (Å²) in [6.07, 6.45) is -2.52. The maximum atomic E-state index is 13.9. The number of pyridine rings is 2. The number of aryl methyl sites for hydroxylation is 1. The first-order valence-electron chi connectivity index (χ1n) is 10.6. The largest absolute Gasteiger partial charge is 0.418 e. The lowest BCUT2D eigenvalue weighted by Gasteiger charge is -2.35. The Kier molecular flexibility index (Phi) is 5.11. The number of alkyl halides is 3. The topological polar surface area (TPSA) is 81.6 Å². The molecule has 0 spiro atoms. The zero-order valence-corrected chi connectivity index (χ0v) is 17.8. The van der Waals surface area contributed by atoms with Crippen LogP contribution in [0.4, 0.5) is 19.0 Å². The molecule has 4 aromatic rings. The monoisotopic (exact) mass is 450 g/mol.